The molecule has 12 heavy (non-hydrogen) atoms. The standard InChI is InChI=1S/C10H20N2/c1-6-10(12(5)11-4)8-7-9(2)3/h6-9,11H,1-5H3/b8-7-,10-6+. The van der Waals surface area contributed by atoms with Gasteiger partial charge in [0.2, 0.25) is 0 Å². The van der Waals surface area contributed by atoms with Crippen LogP contribution >= 0.6 is 0 Å². The summed E-state index contributed by atoms with van der Waals surface area (Å²) < 4.78 is 0. The zero-order valence-corrected chi connectivity index (χ0v) is 8.76. The van der Waals surface area contributed by atoms with Crippen LogP contribution < -0.4 is 5.43 Å². The molecule has 0 aromatic rings. The zero-order valence-electron chi connectivity index (χ0n) is 8.76. The maximum atomic E-state index is 3.05. The van der Waals surface area contributed by atoms with Crippen molar-refractivity contribution < 1.29 is 0 Å². The average Bonchev–Trinajstić information content (AvgIpc) is 2.04. The van der Waals surface area contributed by atoms with Crippen molar-refractivity contribution in [1.82, 2.24) is 10.4 Å². The van der Waals surface area contributed by atoms with Gasteiger partial charge in [-0.25, -0.2) is 5.43 Å². The van der Waals surface area contributed by atoms with E-state index in [1.54, 1.807) is 0 Å². The summed E-state index contributed by atoms with van der Waals surface area (Å²) in [6, 6.07) is 0. The van der Waals surface area contributed by atoms with E-state index in [-0.39, 0.29) is 0 Å². The highest BCUT2D eigenvalue weighted by Gasteiger charge is 1.95. The van der Waals surface area contributed by atoms with Crippen molar-refractivity contribution in [1.29, 1.82) is 0 Å². The van der Waals surface area contributed by atoms with Gasteiger partial charge in [0, 0.05) is 19.8 Å². The van der Waals surface area contributed by atoms with E-state index < -0.39 is 0 Å². The SMILES string of the molecule is C/C=C(\C=C/C(C)C)N(C)NC. The van der Waals surface area contributed by atoms with Crippen LogP contribution in [0.3, 0.4) is 0 Å². The molecule has 0 rings (SSSR count). The molecule has 0 fully saturated rings. The van der Waals surface area contributed by atoms with Gasteiger partial charge in [0.1, 0.15) is 0 Å². The molecule has 0 amide bonds. The van der Waals surface area contributed by atoms with Crippen LogP contribution in [0, 0.1) is 5.92 Å². The first kappa shape index (κ1) is 11.2. The van der Waals surface area contributed by atoms with Gasteiger partial charge in [-0.05, 0) is 18.9 Å². The van der Waals surface area contributed by atoms with E-state index in [4.69, 9.17) is 0 Å². The molecule has 0 bridgehead atoms. The van der Waals surface area contributed by atoms with Crippen LogP contribution in [0.1, 0.15) is 20.8 Å². The zero-order chi connectivity index (χ0) is 9.56. The first-order valence-corrected chi connectivity index (χ1v) is 4.37. The fraction of sp³-hybridized carbons (Fsp3) is 0.600. The topological polar surface area (TPSA) is 15.3 Å². The Morgan fingerprint density at radius 3 is 2.33 bits per heavy atom. The number of allylic oxidation sites excluding steroid dienone is 3. The highest BCUT2D eigenvalue weighted by molar-refractivity contribution is 5.15. The second-order valence-corrected chi connectivity index (χ2v) is 3.10. The Kier molecular flexibility index (Phi) is 5.47. The summed E-state index contributed by atoms with van der Waals surface area (Å²) in [6.07, 6.45) is 6.39. The number of nitrogens with one attached hydrogen (secondary N) is 1. The molecule has 0 saturated carbocycles. The fourth-order valence-corrected chi connectivity index (χ4v) is 0.822. The molecule has 0 aliphatic heterocycles. The molecule has 0 unspecified atom stereocenters. The van der Waals surface area contributed by atoms with Crippen molar-refractivity contribution in [3.05, 3.63) is 23.9 Å². The quantitative estimate of drug-likeness (QED) is 0.511. The Morgan fingerprint density at radius 2 is 2.00 bits per heavy atom. The molecule has 0 spiro atoms. The molecule has 0 heterocycles. The summed E-state index contributed by atoms with van der Waals surface area (Å²) in [5.74, 6) is 0.602. The molecule has 0 aromatic heterocycles. The number of likely N-dealkylation sites (N-methyl/N-ethyl adjacent to an activating group) is 1. The minimum absolute atomic E-state index is 0.602. The monoisotopic (exact) mass is 168 g/mol. The van der Waals surface area contributed by atoms with Crippen LogP contribution in [0.2, 0.25) is 0 Å². The van der Waals surface area contributed by atoms with Crippen molar-refractivity contribution in [2.45, 2.75) is 20.8 Å². The summed E-state index contributed by atoms with van der Waals surface area (Å²) >= 11 is 0. The second kappa shape index (κ2) is 5.84. The van der Waals surface area contributed by atoms with E-state index in [1.165, 1.54) is 5.70 Å². The van der Waals surface area contributed by atoms with Gasteiger partial charge < -0.3 is 5.01 Å². The summed E-state index contributed by atoms with van der Waals surface area (Å²) in [7, 11) is 3.91. The minimum Gasteiger partial charge on any atom is -0.312 e. The third-order valence-electron chi connectivity index (χ3n) is 1.67. The van der Waals surface area contributed by atoms with Gasteiger partial charge in [-0.3, -0.25) is 0 Å². The van der Waals surface area contributed by atoms with Gasteiger partial charge in [-0.15, -0.1) is 0 Å². The molecule has 1 N–H and O–H groups in total. The van der Waals surface area contributed by atoms with Gasteiger partial charge in [0.05, 0.1) is 0 Å². The van der Waals surface area contributed by atoms with E-state index in [1.807, 2.05) is 26.0 Å². The molecule has 70 valence electrons. The van der Waals surface area contributed by atoms with Crippen LogP contribution in [0.25, 0.3) is 0 Å². The molecule has 2 nitrogen and oxygen atoms in total. The number of hydrogen-bond acceptors (Lipinski definition) is 2. The van der Waals surface area contributed by atoms with Crippen LogP contribution in [-0.4, -0.2) is 19.1 Å². The van der Waals surface area contributed by atoms with E-state index in [9.17, 15) is 0 Å². The first-order chi connectivity index (χ1) is 5.61. The molecule has 0 aliphatic carbocycles. The lowest BCUT2D eigenvalue weighted by molar-refractivity contribution is 0.342. The number of hydrogen-bond donors (Lipinski definition) is 1. The lowest BCUT2D eigenvalue weighted by Gasteiger charge is -2.18. The molecular formula is C10H20N2. The van der Waals surface area contributed by atoms with Crippen molar-refractivity contribution >= 4 is 0 Å². The third-order valence-corrected chi connectivity index (χ3v) is 1.67. The number of nitrogens with zero attached hydrogens (tertiary/aromatic N) is 1. The highest BCUT2D eigenvalue weighted by atomic mass is 15.5. The Morgan fingerprint density at radius 1 is 1.42 bits per heavy atom. The van der Waals surface area contributed by atoms with Crippen molar-refractivity contribution in [2.75, 3.05) is 14.1 Å². The molecule has 2 heteroatoms. The second-order valence-electron chi connectivity index (χ2n) is 3.10. The van der Waals surface area contributed by atoms with E-state index in [0.717, 1.165) is 0 Å². The van der Waals surface area contributed by atoms with Crippen LogP contribution in [0.5, 0.6) is 0 Å². The Bertz CT molecular complexity index is 169. The fourth-order valence-electron chi connectivity index (χ4n) is 0.822. The molecule has 0 saturated heterocycles. The van der Waals surface area contributed by atoms with Gasteiger partial charge >= 0.3 is 0 Å². The smallest absolute Gasteiger partial charge is 0.0470 e. The predicted octanol–water partition coefficient (Wildman–Crippen LogP) is 2.17. The van der Waals surface area contributed by atoms with Crippen molar-refractivity contribution in [3.8, 4) is 0 Å². The van der Waals surface area contributed by atoms with Crippen LogP contribution in [-0.2, 0) is 0 Å². The Hall–Kier alpha value is -0.760. The summed E-state index contributed by atoms with van der Waals surface area (Å²) in [4.78, 5) is 0. The predicted molar refractivity (Wildman–Crippen MR) is 54.6 cm³/mol. The van der Waals surface area contributed by atoms with E-state index in [0.29, 0.717) is 5.92 Å². The Balaban J connectivity index is 4.19. The lowest BCUT2D eigenvalue weighted by atomic mass is 10.2. The third kappa shape index (κ3) is 4.19. The maximum Gasteiger partial charge on any atom is 0.0470 e. The summed E-state index contributed by atoms with van der Waals surface area (Å²) in [6.45, 7) is 6.38. The van der Waals surface area contributed by atoms with Gasteiger partial charge in [0.15, 0.2) is 0 Å². The van der Waals surface area contributed by atoms with Crippen molar-refractivity contribution in [3.63, 3.8) is 0 Å². The van der Waals surface area contributed by atoms with E-state index >= 15 is 0 Å². The van der Waals surface area contributed by atoms with Gasteiger partial charge in [-0.2, -0.15) is 0 Å². The molecule has 0 aliphatic rings. The summed E-state index contributed by atoms with van der Waals surface area (Å²) in [5, 5.41) is 1.98. The highest BCUT2D eigenvalue weighted by Crippen LogP contribution is 2.03. The summed E-state index contributed by atoms with van der Waals surface area (Å²) in [5.41, 5.74) is 4.24. The average molecular weight is 168 g/mol. The van der Waals surface area contributed by atoms with Gasteiger partial charge in [0.25, 0.3) is 0 Å². The minimum atomic E-state index is 0.602. The molecule has 0 aromatic carbocycles. The van der Waals surface area contributed by atoms with Gasteiger partial charge in [-0.1, -0.05) is 26.0 Å². The van der Waals surface area contributed by atoms with Crippen LogP contribution in [0.4, 0.5) is 0 Å². The van der Waals surface area contributed by atoms with Crippen molar-refractivity contribution in [2.24, 2.45) is 5.92 Å². The normalized spacial score (nSPS) is 13.0. The Labute approximate surface area is 75.9 Å². The number of rotatable bonds is 4. The molecule has 0 atom stereocenters. The lowest BCUT2D eigenvalue weighted by Crippen LogP contribution is -2.29. The number of hydrazine groups is 1. The molecular weight excluding hydrogens is 148 g/mol. The van der Waals surface area contributed by atoms with E-state index in [2.05, 4.69) is 37.5 Å². The maximum absolute atomic E-state index is 3.05. The largest absolute Gasteiger partial charge is 0.312 e. The van der Waals surface area contributed by atoms with Crippen LogP contribution in [0.15, 0.2) is 23.9 Å². The molecule has 0 radical (unpaired) electrons. The first-order valence-electron chi connectivity index (χ1n) is 4.37.